The average Bonchev–Trinajstić information content (AvgIpc) is 3.20. The maximum absolute atomic E-state index is 13.0. The lowest BCUT2D eigenvalue weighted by Crippen LogP contribution is -2.44. The van der Waals surface area contributed by atoms with Crippen LogP contribution in [0.15, 0.2) is 60.8 Å². The number of likely N-dealkylation sites (N-methyl/N-ethyl adjacent to an activating group) is 1. The third-order valence-electron chi connectivity index (χ3n) is 4.71. The van der Waals surface area contributed by atoms with Crippen LogP contribution in [0.2, 0.25) is 0 Å². The van der Waals surface area contributed by atoms with E-state index in [1.54, 1.807) is 17.8 Å². The molecule has 2 N–H and O–H groups in total. The van der Waals surface area contributed by atoms with E-state index < -0.39 is 6.04 Å². The van der Waals surface area contributed by atoms with Crippen molar-refractivity contribution in [3.05, 3.63) is 71.9 Å². The molecule has 0 radical (unpaired) electrons. The molecule has 3 rings (SSSR count). The number of aromatic nitrogens is 2. The van der Waals surface area contributed by atoms with Gasteiger partial charge in [-0.3, -0.25) is 9.59 Å². The van der Waals surface area contributed by atoms with Gasteiger partial charge in [-0.15, -0.1) is 0 Å². The number of nitrogens with one attached hydrogen (secondary N) is 2. The smallest absolute Gasteiger partial charge is 0.255 e. The minimum Gasteiger partial charge on any atom is -0.355 e. The van der Waals surface area contributed by atoms with Crippen LogP contribution in [0.25, 0.3) is 16.9 Å². The van der Waals surface area contributed by atoms with Crippen molar-refractivity contribution in [2.45, 2.75) is 33.2 Å². The summed E-state index contributed by atoms with van der Waals surface area (Å²) < 4.78 is 1.69. The molecule has 0 unspecified atom stereocenters. The zero-order valence-corrected chi connectivity index (χ0v) is 17.0. The molecule has 0 fully saturated rings. The maximum atomic E-state index is 13.0. The van der Waals surface area contributed by atoms with Crippen molar-refractivity contribution in [1.29, 1.82) is 0 Å². The van der Waals surface area contributed by atoms with E-state index in [0.29, 0.717) is 17.8 Å². The van der Waals surface area contributed by atoms with Crippen molar-refractivity contribution >= 4 is 11.8 Å². The fourth-order valence-corrected chi connectivity index (χ4v) is 3.03. The van der Waals surface area contributed by atoms with Crippen molar-refractivity contribution in [2.75, 3.05) is 6.54 Å². The standard InChI is InChI=1S/C23H26N4O2/c1-4-17-11-13-18(14-12-17)21-20(23(29)25-16(3)22(28)24-5-2)15-27(26-21)19-9-7-6-8-10-19/h6-16H,4-5H2,1-3H3,(H,24,28)(H,25,29)/t16-/m1/s1. The molecule has 6 heteroatoms. The van der Waals surface area contributed by atoms with Gasteiger partial charge in [0.05, 0.1) is 11.3 Å². The monoisotopic (exact) mass is 390 g/mol. The number of hydrogen-bond acceptors (Lipinski definition) is 3. The number of nitrogens with zero attached hydrogens (tertiary/aromatic N) is 2. The van der Waals surface area contributed by atoms with Gasteiger partial charge in [-0.05, 0) is 38.0 Å². The van der Waals surface area contributed by atoms with E-state index in [1.807, 2.05) is 61.5 Å². The summed E-state index contributed by atoms with van der Waals surface area (Å²) in [5.74, 6) is -0.550. The highest BCUT2D eigenvalue weighted by molar-refractivity contribution is 6.02. The molecule has 29 heavy (non-hydrogen) atoms. The molecule has 0 saturated carbocycles. The zero-order chi connectivity index (χ0) is 20.8. The molecule has 6 nitrogen and oxygen atoms in total. The second-order valence-electron chi connectivity index (χ2n) is 6.81. The topological polar surface area (TPSA) is 76.0 Å². The SMILES string of the molecule is CCNC(=O)[C@@H](C)NC(=O)c1cn(-c2ccccc2)nc1-c1ccc(CC)cc1. The first-order valence-electron chi connectivity index (χ1n) is 9.86. The Morgan fingerprint density at radius 1 is 1.03 bits per heavy atom. The first-order valence-corrected chi connectivity index (χ1v) is 9.86. The summed E-state index contributed by atoms with van der Waals surface area (Å²) in [6.45, 7) is 6.12. The highest BCUT2D eigenvalue weighted by atomic mass is 16.2. The number of aryl methyl sites for hydroxylation is 1. The highest BCUT2D eigenvalue weighted by Gasteiger charge is 2.22. The van der Waals surface area contributed by atoms with Crippen molar-refractivity contribution in [3.63, 3.8) is 0 Å². The fourth-order valence-electron chi connectivity index (χ4n) is 3.03. The third kappa shape index (κ3) is 4.71. The Bertz CT molecular complexity index is 978. The van der Waals surface area contributed by atoms with Crippen LogP contribution in [0, 0.1) is 0 Å². The fraction of sp³-hybridized carbons (Fsp3) is 0.261. The van der Waals surface area contributed by atoms with Crippen LogP contribution in [0.1, 0.15) is 36.7 Å². The van der Waals surface area contributed by atoms with Gasteiger partial charge in [0, 0.05) is 18.3 Å². The summed E-state index contributed by atoms with van der Waals surface area (Å²) in [5, 5.41) is 10.2. The van der Waals surface area contributed by atoms with E-state index in [4.69, 9.17) is 0 Å². The molecule has 1 aromatic heterocycles. The second-order valence-corrected chi connectivity index (χ2v) is 6.81. The summed E-state index contributed by atoms with van der Waals surface area (Å²) in [6.07, 6.45) is 2.65. The minimum atomic E-state index is -0.641. The van der Waals surface area contributed by atoms with Crippen molar-refractivity contribution in [2.24, 2.45) is 0 Å². The number of carbonyl (C=O) groups is 2. The molecule has 1 atom stereocenters. The molecule has 2 amide bonds. The summed E-state index contributed by atoms with van der Waals surface area (Å²) in [7, 11) is 0. The van der Waals surface area contributed by atoms with Crippen LogP contribution in [0.3, 0.4) is 0 Å². The number of para-hydroxylation sites is 1. The van der Waals surface area contributed by atoms with Crippen LogP contribution >= 0.6 is 0 Å². The third-order valence-corrected chi connectivity index (χ3v) is 4.71. The van der Waals surface area contributed by atoms with Gasteiger partial charge >= 0.3 is 0 Å². The molecule has 2 aromatic carbocycles. The summed E-state index contributed by atoms with van der Waals surface area (Å²) >= 11 is 0. The predicted molar refractivity (Wildman–Crippen MR) is 114 cm³/mol. The number of rotatable bonds is 7. The molecule has 0 aliphatic heterocycles. The van der Waals surface area contributed by atoms with Gasteiger partial charge in [0.15, 0.2) is 0 Å². The normalized spacial score (nSPS) is 11.7. The maximum Gasteiger partial charge on any atom is 0.255 e. The lowest BCUT2D eigenvalue weighted by Gasteiger charge is -2.13. The quantitative estimate of drug-likeness (QED) is 0.650. The number of hydrogen-bond donors (Lipinski definition) is 2. The lowest BCUT2D eigenvalue weighted by molar-refractivity contribution is -0.122. The molecule has 150 valence electrons. The van der Waals surface area contributed by atoms with E-state index in [9.17, 15) is 9.59 Å². The molecule has 1 heterocycles. The van der Waals surface area contributed by atoms with Crippen LogP contribution in [0.4, 0.5) is 0 Å². The van der Waals surface area contributed by atoms with E-state index in [1.165, 1.54) is 5.56 Å². The summed E-state index contributed by atoms with van der Waals surface area (Å²) in [4.78, 5) is 25.0. The second kappa shape index (κ2) is 9.19. The lowest BCUT2D eigenvalue weighted by atomic mass is 10.0. The van der Waals surface area contributed by atoms with Gasteiger partial charge in [0.1, 0.15) is 11.7 Å². The van der Waals surface area contributed by atoms with Gasteiger partial charge in [0.2, 0.25) is 5.91 Å². The molecule has 0 aliphatic carbocycles. The van der Waals surface area contributed by atoms with Crippen LogP contribution in [0.5, 0.6) is 0 Å². The van der Waals surface area contributed by atoms with Gasteiger partial charge < -0.3 is 10.6 Å². The van der Waals surface area contributed by atoms with E-state index in [-0.39, 0.29) is 11.8 Å². The number of benzene rings is 2. The van der Waals surface area contributed by atoms with Crippen LogP contribution in [-0.4, -0.2) is 34.2 Å². The Morgan fingerprint density at radius 2 is 1.72 bits per heavy atom. The van der Waals surface area contributed by atoms with Gasteiger partial charge in [-0.25, -0.2) is 4.68 Å². The summed E-state index contributed by atoms with van der Waals surface area (Å²) in [5.41, 5.74) is 3.93. The van der Waals surface area contributed by atoms with Crippen molar-refractivity contribution in [1.82, 2.24) is 20.4 Å². The largest absolute Gasteiger partial charge is 0.355 e. The van der Waals surface area contributed by atoms with Gasteiger partial charge in [0.25, 0.3) is 5.91 Å². The van der Waals surface area contributed by atoms with Crippen LogP contribution < -0.4 is 10.6 Å². The zero-order valence-electron chi connectivity index (χ0n) is 17.0. The number of amides is 2. The van der Waals surface area contributed by atoms with E-state index in [2.05, 4.69) is 22.7 Å². The molecule has 0 bridgehead atoms. The Hall–Kier alpha value is -3.41. The molecule has 0 aliphatic rings. The Labute approximate surface area is 170 Å². The molecule has 0 spiro atoms. The molecule has 3 aromatic rings. The molecule has 0 saturated heterocycles. The number of carbonyl (C=O) groups excluding carboxylic acids is 2. The van der Waals surface area contributed by atoms with E-state index in [0.717, 1.165) is 17.7 Å². The highest BCUT2D eigenvalue weighted by Crippen LogP contribution is 2.24. The Balaban J connectivity index is 1.98. The van der Waals surface area contributed by atoms with Crippen molar-refractivity contribution in [3.8, 4) is 16.9 Å². The first kappa shape index (κ1) is 20.3. The van der Waals surface area contributed by atoms with Gasteiger partial charge in [-0.2, -0.15) is 5.10 Å². The molecular weight excluding hydrogens is 364 g/mol. The van der Waals surface area contributed by atoms with Gasteiger partial charge in [-0.1, -0.05) is 49.4 Å². The average molecular weight is 390 g/mol. The Morgan fingerprint density at radius 3 is 2.34 bits per heavy atom. The predicted octanol–water partition coefficient (Wildman–Crippen LogP) is 3.36. The summed E-state index contributed by atoms with van der Waals surface area (Å²) in [6, 6.07) is 17.0. The minimum absolute atomic E-state index is 0.217. The Kier molecular flexibility index (Phi) is 6.44. The van der Waals surface area contributed by atoms with E-state index >= 15 is 0 Å². The first-order chi connectivity index (χ1) is 14.0. The van der Waals surface area contributed by atoms with Crippen molar-refractivity contribution < 1.29 is 9.59 Å². The molecular formula is C23H26N4O2. The van der Waals surface area contributed by atoms with Crippen LogP contribution in [-0.2, 0) is 11.2 Å².